The van der Waals surface area contributed by atoms with Crippen molar-refractivity contribution < 1.29 is 19.3 Å². The number of piperazine rings is 1. The quantitative estimate of drug-likeness (QED) is 0.619. The van der Waals surface area contributed by atoms with Crippen LogP contribution in [0.15, 0.2) is 48.8 Å². The Morgan fingerprint density at radius 2 is 1.77 bits per heavy atom. The second-order valence-electron chi connectivity index (χ2n) is 6.71. The van der Waals surface area contributed by atoms with Gasteiger partial charge in [0.2, 0.25) is 12.3 Å². The summed E-state index contributed by atoms with van der Waals surface area (Å²) in [6.07, 6.45) is 3.46. The molecule has 6 nitrogen and oxygen atoms in total. The fraction of sp³-hybridized carbons (Fsp3) is 0.350. The van der Waals surface area contributed by atoms with E-state index in [9.17, 15) is 14.7 Å². The Hall–Kier alpha value is -2.57. The number of aromatic nitrogens is 1. The average molecular weight is 354 g/mol. The van der Waals surface area contributed by atoms with Crippen LogP contribution in [0.5, 0.6) is 5.75 Å². The minimum Gasteiger partial charge on any atom is -0.507 e. The van der Waals surface area contributed by atoms with Crippen molar-refractivity contribution in [1.82, 2.24) is 9.80 Å². The third-order valence-corrected chi connectivity index (χ3v) is 4.67. The number of likely N-dealkylation sites (N-methyl/N-ethyl adjacent to an activating group) is 1. The molecule has 0 atom stereocenters. The van der Waals surface area contributed by atoms with Gasteiger partial charge in [-0.3, -0.25) is 14.5 Å². The lowest BCUT2D eigenvalue weighted by Gasteiger charge is -2.31. The van der Waals surface area contributed by atoms with Crippen LogP contribution < -0.4 is 4.57 Å². The van der Waals surface area contributed by atoms with Gasteiger partial charge in [0.05, 0.1) is 17.7 Å². The van der Waals surface area contributed by atoms with Crippen molar-refractivity contribution in [2.75, 3.05) is 39.8 Å². The Morgan fingerprint density at radius 3 is 2.50 bits per heavy atom. The molecule has 0 saturated carbocycles. The topological polar surface area (TPSA) is 64.7 Å². The van der Waals surface area contributed by atoms with Gasteiger partial charge in [-0.25, -0.2) is 0 Å². The molecular formula is C20H24N3O3+. The van der Waals surface area contributed by atoms with Crippen LogP contribution in [0.4, 0.5) is 0 Å². The van der Waals surface area contributed by atoms with Gasteiger partial charge in [-0.1, -0.05) is 12.1 Å². The normalized spacial score (nSPS) is 15.7. The van der Waals surface area contributed by atoms with Crippen LogP contribution in [0, 0.1) is 0 Å². The standard InChI is InChI=1S/C20H23N3O3/c1-21-9-11-22(12-10-21)14-19(25)16-5-4-8-23(13-16)15-20(26)17-6-2-3-7-18(17)24/h2-8,13H,9-12,14-15H2,1H3/p+1. The third-order valence-electron chi connectivity index (χ3n) is 4.67. The molecule has 0 amide bonds. The smallest absolute Gasteiger partial charge is 0.231 e. The minimum absolute atomic E-state index is 0.0274. The van der Waals surface area contributed by atoms with Gasteiger partial charge in [0.15, 0.2) is 18.2 Å². The molecule has 1 aromatic carbocycles. The van der Waals surface area contributed by atoms with Gasteiger partial charge in [-0.05, 0) is 25.2 Å². The number of aromatic hydroxyl groups is 1. The number of hydrogen-bond donors (Lipinski definition) is 1. The zero-order valence-electron chi connectivity index (χ0n) is 15.0. The summed E-state index contributed by atoms with van der Waals surface area (Å²) in [4.78, 5) is 29.4. The molecule has 136 valence electrons. The van der Waals surface area contributed by atoms with E-state index in [0.717, 1.165) is 26.2 Å². The van der Waals surface area contributed by atoms with Crippen molar-refractivity contribution in [3.8, 4) is 5.75 Å². The third kappa shape index (κ3) is 4.53. The van der Waals surface area contributed by atoms with Crippen LogP contribution in [0.3, 0.4) is 0 Å². The number of Topliss-reactive ketones (excluding diaryl/α,β-unsaturated/α-hetero) is 2. The highest BCUT2D eigenvalue weighted by Gasteiger charge is 2.20. The van der Waals surface area contributed by atoms with Crippen LogP contribution in [0.2, 0.25) is 0 Å². The molecule has 6 heteroatoms. The first kappa shape index (κ1) is 18.2. The van der Waals surface area contributed by atoms with E-state index in [1.54, 1.807) is 47.3 Å². The van der Waals surface area contributed by atoms with Gasteiger partial charge in [0.25, 0.3) is 0 Å². The molecule has 1 saturated heterocycles. The number of phenols is 1. The highest BCUT2D eigenvalue weighted by molar-refractivity contribution is 5.98. The number of rotatable bonds is 6. The van der Waals surface area contributed by atoms with E-state index in [-0.39, 0.29) is 29.4 Å². The van der Waals surface area contributed by atoms with E-state index in [2.05, 4.69) is 16.8 Å². The second kappa shape index (κ2) is 8.21. The fourth-order valence-electron chi connectivity index (χ4n) is 3.05. The molecule has 3 rings (SSSR count). The second-order valence-corrected chi connectivity index (χ2v) is 6.71. The zero-order chi connectivity index (χ0) is 18.5. The molecule has 1 N–H and O–H groups in total. The summed E-state index contributed by atoms with van der Waals surface area (Å²) in [5.74, 6) is -0.170. The average Bonchev–Trinajstić information content (AvgIpc) is 2.64. The Labute approximate surface area is 153 Å². The van der Waals surface area contributed by atoms with Crippen molar-refractivity contribution in [3.63, 3.8) is 0 Å². The van der Waals surface area contributed by atoms with Crippen molar-refractivity contribution in [3.05, 3.63) is 59.9 Å². The molecule has 1 aliphatic heterocycles. The molecular weight excluding hydrogens is 330 g/mol. The fourth-order valence-corrected chi connectivity index (χ4v) is 3.05. The van der Waals surface area contributed by atoms with Crippen molar-refractivity contribution in [2.45, 2.75) is 6.54 Å². The highest BCUT2D eigenvalue weighted by atomic mass is 16.3. The number of carbonyl (C=O) groups excluding carboxylic acids is 2. The summed E-state index contributed by atoms with van der Waals surface area (Å²) in [6, 6.07) is 10.0. The first-order chi connectivity index (χ1) is 12.5. The van der Waals surface area contributed by atoms with Gasteiger partial charge in [-0.15, -0.1) is 0 Å². The Bertz CT molecular complexity index is 798. The maximum Gasteiger partial charge on any atom is 0.231 e. The van der Waals surface area contributed by atoms with Gasteiger partial charge >= 0.3 is 0 Å². The predicted molar refractivity (Wildman–Crippen MR) is 97.3 cm³/mol. The van der Waals surface area contributed by atoms with E-state index in [0.29, 0.717) is 12.1 Å². The van der Waals surface area contributed by atoms with E-state index < -0.39 is 0 Å². The molecule has 1 aromatic heterocycles. The summed E-state index contributed by atoms with van der Waals surface area (Å²) in [5, 5.41) is 9.81. The number of nitrogens with zero attached hydrogens (tertiary/aromatic N) is 3. The predicted octanol–water partition coefficient (Wildman–Crippen LogP) is 0.993. The molecule has 0 spiro atoms. The molecule has 26 heavy (non-hydrogen) atoms. The molecule has 0 radical (unpaired) electrons. The Balaban J connectivity index is 1.65. The first-order valence-corrected chi connectivity index (χ1v) is 8.77. The molecule has 2 heterocycles. The number of pyridine rings is 1. The summed E-state index contributed by atoms with van der Waals surface area (Å²) in [5.41, 5.74) is 0.880. The Kier molecular flexibility index (Phi) is 5.75. The Morgan fingerprint density at radius 1 is 1.04 bits per heavy atom. The van der Waals surface area contributed by atoms with Gasteiger partial charge in [0, 0.05) is 32.2 Å². The number of carbonyl (C=O) groups is 2. The minimum atomic E-state index is -0.197. The number of phenolic OH excluding ortho intramolecular Hbond substituents is 1. The maximum atomic E-state index is 12.6. The summed E-state index contributed by atoms with van der Waals surface area (Å²) in [6.45, 7) is 4.19. The lowest BCUT2D eigenvalue weighted by atomic mass is 10.1. The molecule has 2 aromatic rings. The van der Waals surface area contributed by atoms with Crippen molar-refractivity contribution in [2.24, 2.45) is 0 Å². The monoisotopic (exact) mass is 354 g/mol. The van der Waals surface area contributed by atoms with Gasteiger partial charge < -0.3 is 10.0 Å². The lowest BCUT2D eigenvalue weighted by Crippen LogP contribution is -2.46. The molecule has 1 fully saturated rings. The first-order valence-electron chi connectivity index (χ1n) is 8.77. The molecule has 1 aliphatic rings. The van der Waals surface area contributed by atoms with Gasteiger partial charge in [-0.2, -0.15) is 4.57 Å². The highest BCUT2D eigenvalue weighted by Crippen LogP contribution is 2.16. The van der Waals surface area contributed by atoms with E-state index in [4.69, 9.17) is 0 Å². The number of ketones is 2. The number of benzene rings is 1. The molecule has 0 aliphatic carbocycles. The van der Waals surface area contributed by atoms with Crippen LogP contribution in [-0.2, 0) is 6.54 Å². The van der Waals surface area contributed by atoms with Crippen LogP contribution >= 0.6 is 0 Å². The van der Waals surface area contributed by atoms with E-state index >= 15 is 0 Å². The van der Waals surface area contributed by atoms with Crippen molar-refractivity contribution >= 4 is 11.6 Å². The molecule has 0 bridgehead atoms. The van der Waals surface area contributed by atoms with Crippen LogP contribution in [-0.4, -0.2) is 66.2 Å². The number of para-hydroxylation sites is 1. The number of hydrogen-bond acceptors (Lipinski definition) is 5. The summed E-state index contributed by atoms with van der Waals surface area (Å²) in [7, 11) is 2.08. The van der Waals surface area contributed by atoms with Crippen molar-refractivity contribution in [1.29, 1.82) is 0 Å². The van der Waals surface area contributed by atoms with Crippen LogP contribution in [0.1, 0.15) is 20.7 Å². The SMILES string of the molecule is CN1CCN(CC(=O)c2ccc[n+](CC(=O)c3ccccc3O)c2)CC1. The zero-order valence-corrected chi connectivity index (χ0v) is 15.0. The van der Waals surface area contributed by atoms with E-state index in [1.807, 2.05) is 0 Å². The van der Waals surface area contributed by atoms with E-state index in [1.165, 1.54) is 6.07 Å². The molecule has 0 unspecified atom stereocenters. The largest absolute Gasteiger partial charge is 0.507 e. The van der Waals surface area contributed by atoms with Crippen LogP contribution in [0.25, 0.3) is 0 Å². The lowest BCUT2D eigenvalue weighted by molar-refractivity contribution is -0.683. The van der Waals surface area contributed by atoms with Gasteiger partial charge in [0.1, 0.15) is 5.75 Å². The maximum absolute atomic E-state index is 12.6. The summed E-state index contributed by atoms with van der Waals surface area (Å²) < 4.78 is 1.69. The summed E-state index contributed by atoms with van der Waals surface area (Å²) >= 11 is 0.